The number of hydrogen-bond donors (Lipinski definition) is 3. The molecule has 12 heavy (non-hydrogen) atoms. The smallest absolute Gasteiger partial charge is 0.296 e. The number of para-hydroxylation sites is 2. The monoisotopic (exact) mass is 188 g/mol. The van der Waals surface area contributed by atoms with Crippen molar-refractivity contribution < 1.29 is 13.5 Å². The molecule has 0 saturated heterocycles. The summed E-state index contributed by atoms with van der Waals surface area (Å²) in [4.78, 5) is 0. The van der Waals surface area contributed by atoms with Crippen LogP contribution in [-0.2, 0) is 10.2 Å². The summed E-state index contributed by atoms with van der Waals surface area (Å²) in [6.07, 6.45) is 0. The van der Waals surface area contributed by atoms with E-state index in [4.69, 9.17) is 5.11 Å². The van der Waals surface area contributed by atoms with E-state index in [2.05, 4.69) is 5.14 Å². The number of nitrogens with two attached hydrogens (primary N) is 1. The van der Waals surface area contributed by atoms with E-state index in [0.717, 1.165) is 0 Å². The average Bonchev–Trinajstić information content (AvgIpc) is 1.91. The van der Waals surface area contributed by atoms with Crippen LogP contribution in [0.5, 0.6) is 5.75 Å². The van der Waals surface area contributed by atoms with E-state index in [1.54, 1.807) is 12.1 Å². The van der Waals surface area contributed by atoms with E-state index in [9.17, 15) is 8.42 Å². The van der Waals surface area contributed by atoms with E-state index in [0.29, 0.717) is 0 Å². The van der Waals surface area contributed by atoms with Gasteiger partial charge in [-0.2, -0.15) is 8.42 Å². The maximum atomic E-state index is 10.5. The predicted octanol–water partition coefficient (Wildman–Crippen LogP) is 0.00760. The van der Waals surface area contributed by atoms with Crippen LogP contribution in [-0.4, -0.2) is 13.5 Å². The highest BCUT2D eigenvalue weighted by atomic mass is 32.2. The minimum absolute atomic E-state index is 0.0694. The summed E-state index contributed by atoms with van der Waals surface area (Å²) in [5.41, 5.74) is 0.0694. The van der Waals surface area contributed by atoms with Gasteiger partial charge >= 0.3 is 0 Å². The molecular weight excluding hydrogens is 180 g/mol. The molecule has 1 aromatic carbocycles. The van der Waals surface area contributed by atoms with Gasteiger partial charge in [-0.05, 0) is 12.1 Å². The van der Waals surface area contributed by atoms with Gasteiger partial charge in [0, 0.05) is 0 Å². The van der Waals surface area contributed by atoms with Crippen LogP contribution in [0.25, 0.3) is 0 Å². The second-order valence-corrected chi connectivity index (χ2v) is 3.46. The standard InChI is InChI=1S/C6H8N2O3S/c7-12(10,11)8-5-3-1-2-4-6(5)9/h1-4,8-9H,(H2,7,10,11). The third-order valence-corrected chi connectivity index (χ3v) is 1.66. The van der Waals surface area contributed by atoms with Crippen molar-refractivity contribution in [2.24, 2.45) is 5.14 Å². The number of hydrogen-bond acceptors (Lipinski definition) is 3. The first-order valence-corrected chi connectivity index (χ1v) is 4.62. The first-order valence-electron chi connectivity index (χ1n) is 3.07. The lowest BCUT2D eigenvalue weighted by Gasteiger charge is -2.04. The van der Waals surface area contributed by atoms with E-state index < -0.39 is 10.2 Å². The lowest BCUT2D eigenvalue weighted by Crippen LogP contribution is -2.21. The highest BCUT2D eigenvalue weighted by molar-refractivity contribution is 7.90. The molecule has 0 unspecified atom stereocenters. The first kappa shape index (κ1) is 8.82. The Morgan fingerprint density at radius 1 is 1.33 bits per heavy atom. The Morgan fingerprint density at radius 2 is 1.92 bits per heavy atom. The summed E-state index contributed by atoms with van der Waals surface area (Å²) in [5.74, 6) is -0.161. The number of phenols is 1. The average molecular weight is 188 g/mol. The molecule has 0 aromatic heterocycles. The number of nitrogens with one attached hydrogen (secondary N) is 1. The molecular formula is C6H8N2O3S. The summed E-state index contributed by atoms with van der Waals surface area (Å²) in [5, 5.41) is 13.8. The Bertz CT molecular complexity index is 374. The largest absolute Gasteiger partial charge is 0.506 e. The molecule has 6 heteroatoms. The molecule has 0 aliphatic carbocycles. The Morgan fingerprint density at radius 3 is 2.42 bits per heavy atom. The summed E-state index contributed by atoms with van der Waals surface area (Å²) in [7, 11) is -3.81. The third kappa shape index (κ3) is 2.40. The molecule has 4 N–H and O–H groups in total. The second kappa shape index (κ2) is 3.00. The van der Waals surface area contributed by atoms with Crippen LogP contribution in [0.15, 0.2) is 24.3 Å². The number of phenolic OH excluding ortho intramolecular Hbond substituents is 1. The van der Waals surface area contributed by atoms with Crippen LogP contribution >= 0.6 is 0 Å². The van der Waals surface area contributed by atoms with Gasteiger partial charge in [-0.3, -0.25) is 4.72 Å². The van der Waals surface area contributed by atoms with E-state index in [-0.39, 0.29) is 11.4 Å². The molecule has 0 atom stereocenters. The first-order chi connectivity index (χ1) is 5.49. The zero-order chi connectivity index (χ0) is 9.19. The molecule has 0 aliphatic heterocycles. The molecule has 66 valence electrons. The highest BCUT2D eigenvalue weighted by Crippen LogP contribution is 2.21. The fourth-order valence-corrected chi connectivity index (χ4v) is 1.19. The van der Waals surface area contributed by atoms with Gasteiger partial charge in [-0.25, -0.2) is 5.14 Å². The minimum atomic E-state index is -3.81. The van der Waals surface area contributed by atoms with Crippen molar-refractivity contribution in [1.29, 1.82) is 0 Å². The van der Waals surface area contributed by atoms with E-state index >= 15 is 0 Å². The Kier molecular flexibility index (Phi) is 2.20. The van der Waals surface area contributed by atoms with Crippen molar-refractivity contribution in [3.8, 4) is 5.75 Å². The second-order valence-electron chi connectivity index (χ2n) is 2.16. The van der Waals surface area contributed by atoms with Crippen LogP contribution in [0.4, 0.5) is 5.69 Å². The summed E-state index contributed by atoms with van der Waals surface area (Å²) < 4.78 is 23.0. The summed E-state index contributed by atoms with van der Waals surface area (Å²) >= 11 is 0. The van der Waals surface area contributed by atoms with Gasteiger partial charge in [0.15, 0.2) is 0 Å². The summed E-state index contributed by atoms with van der Waals surface area (Å²) in [6.45, 7) is 0. The maximum absolute atomic E-state index is 10.5. The van der Waals surface area contributed by atoms with Crippen LogP contribution in [0.2, 0.25) is 0 Å². The quantitative estimate of drug-likeness (QED) is 0.571. The normalized spacial score (nSPS) is 11.1. The fourth-order valence-electron chi connectivity index (χ4n) is 0.713. The zero-order valence-corrected chi connectivity index (χ0v) is 6.88. The zero-order valence-electron chi connectivity index (χ0n) is 6.06. The van der Waals surface area contributed by atoms with Gasteiger partial charge in [0.2, 0.25) is 0 Å². The molecule has 1 aromatic rings. The van der Waals surface area contributed by atoms with Gasteiger partial charge in [0.05, 0.1) is 5.69 Å². The van der Waals surface area contributed by atoms with Gasteiger partial charge < -0.3 is 5.11 Å². The molecule has 0 amide bonds. The molecule has 0 radical (unpaired) electrons. The van der Waals surface area contributed by atoms with Gasteiger partial charge in [0.25, 0.3) is 10.2 Å². The van der Waals surface area contributed by atoms with E-state index in [1.165, 1.54) is 12.1 Å². The number of rotatable bonds is 2. The molecule has 0 bridgehead atoms. The molecule has 0 fully saturated rings. The Labute approximate surface area is 70.0 Å². The summed E-state index contributed by atoms with van der Waals surface area (Å²) in [6, 6.07) is 5.91. The minimum Gasteiger partial charge on any atom is -0.506 e. The number of benzene rings is 1. The lowest BCUT2D eigenvalue weighted by atomic mass is 10.3. The molecule has 0 spiro atoms. The fraction of sp³-hybridized carbons (Fsp3) is 0. The molecule has 1 rings (SSSR count). The Hall–Kier alpha value is -1.27. The molecule has 0 heterocycles. The van der Waals surface area contributed by atoms with Crippen molar-refractivity contribution in [3.05, 3.63) is 24.3 Å². The molecule has 5 nitrogen and oxygen atoms in total. The lowest BCUT2D eigenvalue weighted by molar-refractivity contribution is 0.477. The van der Waals surface area contributed by atoms with Crippen molar-refractivity contribution in [3.63, 3.8) is 0 Å². The van der Waals surface area contributed by atoms with Crippen LogP contribution in [0, 0.1) is 0 Å². The van der Waals surface area contributed by atoms with Crippen molar-refractivity contribution in [2.45, 2.75) is 0 Å². The SMILES string of the molecule is NS(=O)(=O)Nc1ccccc1O. The van der Waals surface area contributed by atoms with Crippen LogP contribution < -0.4 is 9.86 Å². The van der Waals surface area contributed by atoms with Crippen molar-refractivity contribution >= 4 is 15.9 Å². The van der Waals surface area contributed by atoms with E-state index in [1.807, 2.05) is 4.72 Å². The topological polar surface area (TPSA) is 92.4 Å². The van der Waals surface area contributed by atoms with Crippen LogP contribution in [0.1, 0.15) is 0 Å². The van der Waals surface area contributed by atoms with Gasteiger partial charge in [0.1, 0.15) is 5.75 Å². The third-order valence-electron chi connectivity index (χ3n) is 1.16. The maximum Gasteiger partial charge on any atom is 0.296 e. The molecule has 0 saturated carbocycles. The number of aromatic hydroxyl groups is 1. The molecule has 0 aliphatic rings. The predicted molar refractivity (Wildman–Crippen MR) is 44.8 cm³/mol. The van der Waals surface area contributed by atoms with Crippen LogP contribution in [0.3, 0.4) is 0 Å². The Balaban J connectivity index is 2.98. The van der Waals surface area contributed by atoms with Crippen molar-refractivity contribution in [1.82, 2.24) is 0 Å². The van der Waals surface area contributed by atoms with Gasteiger partial charge in [-0.15, -0.1) is 0 Å². The van der Waals surface area contributed by atoms with Gasteiger partial charge in [-0.1, -0.05) is 12.1 Å². The number of anilines is 1. The highest BCUT2D eigenvalue weighted by Gasteiger charge is 2.04. The van der Waals surface area contributed by atoms with Crippen molar-refractivity contribution in [2.75, 3.05) is 4.72 Å².